The van der Waals surface area contributed by atoms with Gasteiger partial charge in [-0.15, -0.1) is 0 Å². The number of hydrogen-bond donors (Lipinski definition) is 1. The van der Waals surface area contributed by atoms with Gasteiger partial charge in [-0.05, 0) is 50.1 Å². The van der Waals surface area contributed by atoms with E-state index in [1.54, 1.807) is 0 Å². The summed E-state index contributed by atoms with van der Waals surface area (Å²) in [5, 5.41) is 1.18. The van der Waals surface area contributed by atoms with Crippen LogP contribution in [-0.4, -0.2) is 77.9 Å². The van der Waals surface area contributed by atoms with Crippen LogP contribution in [0.5, 0.6) is 0 Å². The number of amides is 1. The van der Waals surface area contributed by atoms with Crippen molar-refractivity contribution in [2.24, 2.45) is 0 Å². The molecule has 1 aromatic carbocycles. The summed E-state index contributed by atoms with van der Waals surface area (Å²) in [6.07, 6.45) is 10.9. The predicted octanol–water partition coefficient (Wildman–Crippen LogP) is 3.59. The number of H-pyrrole nitrogens is 1. The number of piperazine rings is 1. The largest absolute Gasteiger partial charge is 0.361 e. The van der Waals surface area contributed by atoms with Crippen LogP contribution < -0.4 is 0 Å². The Morgan fingerprint density at radius 3 is 2.59 bits per heavy atom. The lowest BCUT2D eigenvalue weighted by atomic mass is 9.98. The molecule has 0 atom stereocenters. The van der Waals surface area contributed by atoms with Gasteiger partial charge in [0.25, 0.3) is 5.91 Å². The predicted molar refractivity (Wildman–Crippen MR) is 118 cm³/mol. The van der Waals surface area contributed by atoms with Crippen molar-refractivity contribution in [2.45, 2.75) is 38.1 Å². The quantitative estimate of drug-likeness (QED) is 0.868. The van der Waals surface area contributed by atoms with Crippen molar-refractivity contribution in [3.05, 3.63) is 41.6 Å². The zero-order chi connectivity index (χ0) is 19.8. The monoisotopic (exact) mass is 392 g/mol. The molecule has 5 rings (SSSR count). The summed E-state index contributed by atoms with van der Waals surface area (Å²) >= 11 is 0. The van der Waals surface area contributed by atoms with Gasteiger partial charge in [0, 0.05) is 73.5 Å². The van der Waals surface area contributed by atoms with E-state index in [-0.39, 0.29) is 5.91 Å². The van der Waals surface area contributed by atoms with Gasteiger partial charge in [0.2, 0.25) is 0 Å². The molecular weight excluding hydrogens is 360 g/mol. The van der Waals surface area contributed by atoms with E-state index in [1.165, 1.54) is 42.2 Å². The van der Waals surface area contributed by atoms with Crippen molar-refractivity contribution in [2.75, 3.05) is 46.3 Å². The lowest BCUT2D eigenvalue weighted by Gasteiger charge is -2.38. The molecule has 29 heavy (non-hydrogen) atoms. The number of nitrogens with zero attached hydrogens (tertiary/aromatic N) is 3. The molecule has 154 valence electrons. The van der Waals surface area contributed by atoms with Gasteiger partial charge in [0.15, 0.2) is 0 Å². The minimum Gasteiger partial charge on any atom is -0.361 e. The second-order valence-corrected chi connectivity index (χ2v) is 8.97. The molecule has 1 saturated heterocycles. The highest BCUT2D eigenvalue weighted by molar-refractivity contribution is 6.01. The minimum absolute atomic E-state index is 0.183. The highest BCUT2D eigenvalue weighted by Crippen LogP contribution is 2.30. The average Bonchev–Trinajstić information content (AvgIpc) is 3.44. The highest BCUT2D eigenvalue weighted by atomic mass is 16.2. The molecule has 0 radical (unpaired) electrons. The second kappa shape index (κ2) is 7.96. The van der Waals surface area contributed by atoms with Crippen molar-refractivity contribution in [1.82, 2.24) is 19.7 Å². The molecule has 1 amide bonds. The summed E-state index contributed by atoms with van der Waals surface area (Å²) in [6, 6.07) is 6.91. The molecule has 1 aliphatic carbocycles. The van der Waals surface area contributed by atoms with Crippen LogP contribution in [0.2, 0.25) is 0 Å². The molecule has 2 aliphatic heterocycles. The Morgan fingerprint density at radius 2 is 1.86 bits per heavy atom. The molecule has 0 unspecified atom stereocenters. The van der Waals surface area contributed by atoms with E-state index >= 15 is 0 Å². The van der Waals surface area contributed by atoms with Crippen LogP contribution in [0.3, 0.4) is 0 Å². The van der Waals surface area contributed by atoms with E-state index in [2.05, 4.69) is 46.2 Å². The van der Waals surface area contributed by atoms with Crippen LogP contribution in [0.4, 0.5) is 0 Å². The van der Waals surface area contributed by atoms with E-state index in [0.717, 1.165) is 62.8 Å². The van der Waals surface area contributed by atoms with Gasteiger partial charge >= 0.3 is 0 Å². The number of rotatable bonds is 3. The number of carbonyl (C=O) groups is 1. The van der Waals surface area contributed by atoms with Crippen molar-refractivity contribution >= 4 is 22.4 Å². The normalized spacial score (nSPS) is 22.4. The van der Waals surface area contributed by atoms with Crippen LogP contribution in [-0.2, 0) is 0 Å². The lowest BCUT2D eigenvalue weighted by Crippen LogP contribution is -2.51. The van der Waals surface area contributed by atoms with Gasteiger partial charge in [0.1, 0.15) is 0 Å². The Balaban J connectivity index is 1.32. The number of carbonyl (C=O) groups excluding carboxylic acids is 1. The van der Waals surface area contributed by atoms with Gasteiger partial charge in [-0.1, -0.05) is 18.9 Å². The maximum atomic E-state index is 13.2. The van der Waals surface area contributed by atoms with Crippen LogP contribution in [0, 0.1) is 0 Å². The van der Waals surface area contributed by atoms with Crippen LogP contribution in [0.25, 0.3) is 16.5 Å². The van der Waals surface area contributed by atoms with Gasteiger partial charge in [-0.2, -0.15) is 0 Å². The van der Waals surface area contributed by atoms with E-state index in [4.69, 9.17) is 0 Å². The third kappa shape index (κ3) is 3.74. The zero-order valence-electron chi connectivity index (χ0n) is 17.5. The molecule has 2 fully saturated rings. The minimum atomic E-state index is 0.183. The van der Waals surface area contributed by atoms with E-state index in [1.807, 2.05) is 11.0 Å². The number of fused-ring (bicyclic) bond motifs is 1. The summed E-state index contributed by atoms with van der Waals surface area (Å²) < 4.78 is 0. The van der Waals surface area contributed by atoms with Crippen LogP contribution in [0.1, 0.15) is 48.0 Å². The fourth-order valence-corrected chi connectivity index (χ4v) is 5.28. The molecule has 0 spiro atoms. The number of aromatic nitrogens is 1. The smallest absolute Gasteiger partial charge is 0.253 e. The maximum absolute atomic E-state index is 13.2. The molecular formula is C24H32N4O. The first-order chi connectivity index (χ1) is 14.2. The van der Waals surface area contributed by atoms with Crippen molar-refractivity contribution in [3.8, 4) is 0 Å². The van der Waals surface area contributed by atoms with E-state index < -0.39 is 0 Å². The highest BCUT2D eigenvalue weighted by Gasteiger charge is 2.28. The van der Waals surface area contributed by atoms with Crippen LogP contribution >= 0.6 is 0 Å². The molecule has 5 nitrogen and oxygen atoms in total. The third-order valence-electron chi connectivity index (χ3n) is 7.13. The summed E-state index contributed by atoms with van der Waals surface area (Å²) in [6.45, 7) is 5.83. The molecule has 1 aromatic heterocycles. The molecule has 1 N–H and O–H groups in total. The number of nitrogens with one attached hydrogen (secondary N) is 1. The Morgan fingerprint density at radius 1 is 1.07 bits per heavy atom. The maximum Gasteiger partial charge on any atom is 0.253 e. The van der Waals surface area contributed by atoms with Crippen LogP contribution in [0.15, 0.2) is 30.5 Å². The van der Waals surface area contributed by atoms with Crippen molar-refractivity contribution < 1.29 is 4.79 Å². The Kier molecular flexibility index (Phi) is 5.18. The topological polar surface area (TPSA) is 42.6 Å². The fraction of sp³-hybridized carbons (Fsp3) is 0.542. The second-order valence-electron chi connectivity index (χ2n) is 8.97. The first-order valence-corrected chi connectivity index (χ1v) is 11.2. The molecule has 5 heteroatoms. The molecule has 3 heterocycles. The first kappa shape index (κ1) is 18.9. The number of benzene rings is 1. The standard InChI is InChI=1S/C24H32N4O/c1-26-10-8-18(9-11-26)22-17-25-23-7-6-19(16-21(22)23)24(29)28-14-12-27(13-15-28)20-4-2-3-5-20/h6-8,16-17,20,25H,2-5,9-15H2,1H3. The van der Waals surface area contributed by atoms with E-state index in [0.29, 0.717) is 0 Å². The summed E-state index contributed by atoms with van der Waals surface area (Å²) in [5.41, 5.74) is 4.58. The van der Waals surface area contributed by atoms with Gasteiger partial charge in [-0.25, -0.2) is 0 Å². The Labute approximate surface area is 173 Å². The van der Waals surface area contributed by atoms with Crippen molar-refractivity contribution in [1.29, 1.82) is 0 Å². The lowest BCUT2D eigenvalue weighted by molar-refractivity contribution is 0.0573. The first-order valence-electron chi connectivity index (χ1n) is 11.2. The van der Waals surface area contributed by atoms with Gasteiger partial charge in [-0.3, -0.25) is 9.69 Å². The average molecular weight is 393 g/mol. The third-order valence-corrected chi connectivity index (χ3v) is 7.13. The fourth-order valence-electron chi connectivity index (χ4n) is 5.28. The summed E-state index contributed by atoms with van der Waals surface area (Å²) in [5.74, 6) is 0.183. The number of aromatic amines is 1. The van der Waals surface area contributed by atoms with Crippen molar-refractivity contribution in [3.63, 3.8) is 0 Å². The molecule has 3 aliphatic rings. The molecule has 2 aromatic rings. The van der Waals surface area contributed by atoms with Gasteiger partial charge in [0.05, 0.1) is 0 Å². The number of hydrogen-bond acceptors (Lipinski definition) is 3. The van der Waals surface area contributed by atoms with E-state index in [9.17, 15) is 4.79 Å². The number of likely N-dealkylation sites (N-methyl/N-ethyl adjacent to an activating group) is 1. The summed E-state index contributed by atoms with van der Waals surface area (Å²) in [4.78, 5) is 23.6. The Bertz CT molecular complexity index is 916. The molecule has 0 bridgehead atoms. The van der Waals surface area contributed by atoms with Gasteiger partial charge < -0.3 is 14.8 Å². The zero-order valence-corrected chi connectivity index (χ0v) is 17.5. The molecule has 1 saturated carbocycles. The SMILES string of the molecule is CN1CC=C(c2c[nH]c3ccc(C(=O)N4CCN(C5CCCC5)CC4)cc23)CC1. The summed E-state index contributed by atoms with van der Waals surface area (Å²) in [7, 11) is 2.16. The Hall–Kier alpha value is -2.11.